The lowest BCUT2D eigenvalue weighted by Gasteiger charge is -2.48. The first-order valence-electron chi connectivity index (χ1n) is 10.4. The van der Waals surface area contributed by atoms with Crippen molar-refractivity contribution in [1.29, 1.82) is 0 Å². The number of aryl methyl sites for hydroxylation is 1. The van der Waals surface area contributed by atoms with Gasteiger partial charge in [-0.25, -0.2) is 4.79 Å². The first-order chi connectivity index (χ1) is 14.0. The second-order valence-corrected chi connectivity index (χ2v) is 8.84. The van der Waals surface area contributed by atoms with Gasteiger partial charge in [-0.1, -0.05) is 12.1 Å². The lowest BCUT2D eigenvalue weighted by molar-refractivity contribution is -0.135. The van der Waals surface area contributed by atoms with E-state index >= 15 is 0 Å². The van der Waals surface area contributed by atoms with E-state index < -0.39 is 11.9 Å². The number of nitrogens with zero attached hydrogens (tertiary/aromatic N) is 3. The summed E-state index contributed by atoms with van der Waals surface area (Å²) in [4.78, 5) is 39.4. The molecule has 4 heterocycles. The summed E-state index contributed by atoms with van der Waals surface area (Å²) in [6, 6.07) is 5.29. The molecule has 5 rings (SSSR count). The number of fused-ring (bicyclic) bond motifs is 1. The Hall–Kier alpha value is -2.45. The van der Waals surface area contributed by atoms with Crippen LogP contribution in [0.4, 0.5) is 0 Å². The van der Waals surface area contributed by atoms with Gasteiger partial charge in [0.1, 0.15) is 6.04 Å². The molecule has 3 fully saturated rings. The molecule has 0 aliphatic carbocycles. The fourth-order valence-corrected chi connectivity index (χ4v) is 5.14. The van der Waals surface area contributed by atoms with Crippen LogP contribution in [0.1, 0.15) is 37.3 Å². The zero-order valence-corrected chi connectivity index (χ0v) is 16.7. The molecule has 1 aromatic carbocycles. The van der Waals surface area contributed by atoms with E-state index in [1.807, 2.05) is 12.1 Å². The van der Waals surface area contributed by atoms with Crippen LogP contribution in [-0.4, -0.2) is 52.0 Å². The average molecular weight is 397 g/mol. The highest BCUT2D eigenvalue weighted by atomic mass is 16.2. The summed E-state index contributed by atoms with van der Waals surface area (Å²) in [5.74, 6) is -0.665. The van der Waals surface area contributed by atoms with Crippen molar-refractivity contribution in [2.24, 2.45) is 12.5 Å². The smallest absolute Gasteiger partial charge is 0.316 e. The number of imidazole rings is 1. The van der Waals surface area contributed by atoms with Gasteiger partial charge in [-0.3, -0.25) is 28.9 Å². The van der Waals surface area contributed by atoms with E-state index in [9.17, 15) is 14.4 Å². The fraction of sp³-hybridized carbons (Fsp3) is 0.571. The number of benzene rings is 1. The Balaban J connectivity index is 1.46. The standard InChI is InChI=1S/C21H27N5O3/c1-24-18-14(11-25-9-7-21(8-10-25)12-22-13-21)3-2-4-15(18)26(20(24)29)16-5-6-17(27)23-19(16)28/h2-4,16,22H,5-13H2,1H3,(H,23,27,28). The summed E-state index contributed by atoms with van der Waals surface area (Å²) < 4.78 is 3.21. The van der Waals surface area contributed by atoms with Crippen molar-refractivity contribution < 1.29 is 9.59 Å². The van der Waals surface area contributed by atoms with Gasteiger partial charge in [0.05, 0.1) is 11.0 Å². The zero-order chi connectivity index (χ0) is 20.2. The minimum Gasteiger partial charge on any atom is -0.316 e. The number of aromatic nitrogens is 2. The van der Waals surface area contributed by atoms with Crippen molar-refractivity contribution in [3.8, 4) is 0 Å². The molecule has 8 heteroatoms. The van der Waals surface area contributed by atoms with E-state index in [2.05, 4.69) is 21.6 Å². The largest absolute Gasteiger partial charge is 0.329 e. The molecule has 0 bridgehead atoms. The molecular formula is C21H27N5O3. The van der Waals surface area contributed by atoms with Gasteiger partial charge in [-0.2, -0.15) is 0 Å². The summed E-state index contributed by atoms with van der Waals surface area (Å²) in [6.45, 7) is 5.21. The monoisotopic (exact) mass is 397 g/mol. The Morgan fingerprint density at radius 2 is 1.90 bits per heavy atom. The Kier molecular flexibility index (Phi) is 4.36. The van der Waals surface area contributed by atoms with Crippen molar-refractivity contribution in [3.05, 3.63) is 34.2 Å². The molecule has 0 saturated carbocycles. The summed E-state index contributed by atoms with van der Waals surface area (Å²) in [7, 11) is 1.77. The molecule has 1 atom stereocenters. The predicted octanol–water partition coefficient (Wildman–Crippen LogP) is 0.503. The normalized spacial score (nSPS) is 24.7. The molecule has 2 aromatic rings. The van der Waals surface area contributed by atoms with Gasteiger partial charge >= 0.3 is 5.69 Å². The molecule has 8 nitrogen and oxygen atoms in total. The van der Waals surface area contributed by atoms with Gasteiger partial charge in [0.25, 0.3) is 0 Å². The zero-order valence-electron chi connectivity index (χ0n) is 16.7. The Labute approximate surface area is 168 Å². The van der Waals surface area contributed by atoms with Gasteiger partial charge in [-0.15, -0.1) is 0 Å². The molecular weight excluding hydrogens is 370 g/mol. The minimum absolute atomic E-state index is 0.208. The minimum atomic E-state index is -0.639. The third-order valence-corrected chi connectivity index (χ3v) is 7.02. The third-order valence-electron chi connectivity index (χ3n) is 7.02. The number of carbonyl (C=O) groups excluding carboxylic acids is 2. The quantitative estimate of drug-likeness (QED) is 0.737. The molecule has 3 saturated heterocycles. The lowest BCUT2D eigenvalue weighted by Crippen LogP contribution is -2.58. The number of piperidine rings is 2. The first-order valence-corrected chi connectivity index (χ1v) is 10.4. The molecule has 1 spiro atoms. The Bertz CT molecular complexity index is 1040. The van der Waals surface area contributed by atoms with Crippen LogP contribution in [-0.2, 0) is 23.2 Å². The van der Waals surface area contributed by atoms with E-state index in [1.54, 1.807) is 16.2 Å². The van der Waals surface area contributed by atoms with Crippen LogP contribution in [0.15, 0.2) is 23.0 Å². The van der Waals surface area contributed by atoms with E-state index in [4.69, 9.17) is 0 Å². The van der Waals surface area contributed by atoms with Crippen molar-refractivity contribution in [1.82, 2.24) is 24.7 Å². The van der Waals surface area contributed by atoms with Gasteiger partial charge in [0.2, 0.25) is 11.8 Å². The molecule has 0 radical (unpaired) electrons. The number of hydrogen-bond acceptors (Lipinski definition) is 5. The highest BCUT2D eigenvalue weighted by Gasteiger charge is 2.39. The highest BCUT2D eigenvalue weighted by molar-refractivity contribution is 6.00. The number of nitrogens with one attached hydrogen (secondary N) is 2. The maximum atomic E-state index is 13.0. The number of hydrogen-bond donors (Lipinski definition) is 2. The van der Waals surface area contributed by atoms with Gasteiger partial charge < -0.3 is 5.32 Å². The Morgan fingerprint density at radius 3 is 2.55 bits per heavy atom. The molecule has 2 N–H and O–H groups in total. The predicted molar refractivity (Wildman–Crippen MR) is 108 cm³/mol. The Morgan fingerprint density at radius 1 is 1.14 bits per heavy atom. The van der Waals surface area contributed by atoms with Crippen LogP contribution >= 0.6 is 0 Å². The van der Waals surface area contributed by atoms with Crippen LogP contribution in [0, 0.1) is 5.41 Å². The SMILES string of the molecule is Cn1c(=O)n(C2CCC(=O)NC2=O)c2cccc(CN3CCC4(CC3)CNC4)c21. The summed E-state index contributed by atoms with van der Waals surface area (Å²) in [5.41, 5.74) is 3.05. The van der Waals surface area contributed by atoms with Crippen LogP contribution in [0.25, 0.3) is 11.0 Å². The van der Waals surface area contributed by atoms with Crippen molar-refractivity contribution in [2.45, 2.75) is 38.3 Å². The van der Waals surface area contributed by atoms with Crippen molar-refractivity contribution in [3.63, 3.8) is 0 Å². The summed E-state index contributed by atoms with van der Waals surface area (Å²) in [6.07, 6.45) is 3.04. The number of para-hydroxylation sites is 1. The average Bonchev–Trinajstić information content (AvgIpc) is 2.93. The second kappa shape index (κ2) is 6.81. The molecule has 1 unspecified atom stereocenters. The van der Waals surface area contributed by atoms with E-state index in [0.29, 0.717) is 11.8 Å². The van der Waals surface area contributed by atoms with Crippen LogP contribution in [0.2, 0.25) is 0 Å². The van der Waals surface area contributed by atoms with E-state index in [-0.39, 0.29) is 18.0 Å². The van der Waals surface area contributed by atoms with Crippen LogP contribution in [0.3, 0.4) is 0 Å². The van der Waals surface area contributed by atoms with Gasteiger partial charge in [0, 0.05) is 33.1 Å². The van der Waals surface area contributed by atoms with Gasteiger partial charge in [-0.05, 0) is 49.4 Å². The third kappa shape index (κ3) is 3.02. The van der Waals surface area contributed by atoms with Gasteiger partial charge in [0.15, 0.2) is 0 Å². The van der Waals surface area contributed by atoms with Crippen molar-refractivity contribution in [2.75, 3.05) is 26.2 Å². The fourth-order valence-electron chi connectivity index (χ4n) is 5.14. The molecule has 3 aliphatic rings. The topological polar surface area (TPSA) is 88.4 Å². The van der Waals surface area contributed by atoms with Crippen molar-refractivity contribution >= 4 is 22.8 Å². The number of likely N-dealkylation sites (tertiary alicyclic amines) is 1. The molecule has 1 aromatic heterocycles. The molecule has 2 amide bonds. The lowest BCUT2D eigenvalue weighted by atomic mass is 9.73. The summed E-state index contributed by atoms with van der Waals surface area (Å²) in [5, 5.41) is 5.77. The molecule has 29 heavy (non-hydrogen) atoms. The maximum absolute atomic E-state index is 13.0. The van der Waals surface area contributed by atoms with Crippen LogP contribution < -0.4 is 16.3 Å². The summed E-state index contributed by atoms with van der Waals surface area (Å²) >= 11 is 0. The number of carbonyl (C=O) groups is 2. The maximum Gasteiger partial charge on any atom is 0.329 e. The number of amides is 2. The molecule has 3 aliphatic heterocycles. The number of imide groups is 1. The van der Waals surface area contributed by atoms with E-state index in [0.717, 1.165) is 49.3 Å². The van der Waals surface area contributed by atoms with E-state index in [1.165, 1.54) is 12.8 Å². The number of rotatable bonds is 3. The first kappa shape index (κ1) is 18.6. The highest BCUT2D eigenvalue weighted by Crippen LogP contribution is 2.35. The second-order valence-electron chi connectivity index (χ2n) is 8.84. The molecule has 154 valence electrons. The van der Waals surface area contributed by atoms with Crippen LogP contribution in [0.5, 0.6) is 0 Å².